The molecule has 2 aromatic heterocycles. The molecule has 0 aromatic carbocycles. The number of aromatic nitrogens is 4. The first kappa shape index (κ1) is 10.3. The molecular weight excluding hydrogens is 210 g/mol. The lowest BCUT2D eigenvalue weighted by Gasteiger charge is -2.09. The van der Waals surface area contributed by atoms with Gasteiger partial charge in [-0.05, 0) is 18.5 Å². The number of imidazole rings is 1. The van der Waals surface area contributed by atoms with Crippen LogP contribution in [0.3, 0.4) is 0 Å². The minimum absolute atomic E-state index is 0.114. The zero-order valence-electron chi connectivity index (χ0n) is 8.50. The van der Waals surface area contributed by atoms with Gasteiger partial charge in [-0.3, -0.25) is 0 Å². The summed E-state index contributed by atoms with van der Waals surface area (Å²) in [4.78, 5) is 4.28. The Labute approximate surface area is 92.1 Å². The molecule has 0 amide bonds. The summed E-state index contributed by atoms with van der Waals surface area (Å²) in [6.45, 7) is 3.00. The number of hydrogen-bond donors (Lipinski definition) is 1. The molecule has 0 aliphatic carbocycles. The van der Waals surface area contributed by atoms with E-state index in [1.54, 1.807) is 6.20 Å². The van der Waals surface area contributed by atoms with Crippen LogP contribution in [0.4, 0.5) is 0 Å². The Hall–Kier alpha value is -1.27. The van der Waals surface area contributed by atoms with E-state index in [4.69, 9.17) is 5.73 Å². The van der Waals surface area contributed by atoms with Gasteiger partial charge in [0.25, 0.3) is 0 Å². The number of nitrogens with zero attached hydrogens (tertiary/aromatic N) is 4. The second-order valence-corrected chi connectivity index (χ2v) is 3.88. The molecule has 1 unspecified atom stereocenters. The highest BCUT2D eigenvalue weighted by Gasteiger charge is 2.12. The Bertz CT molecular complexity index is 408. The average Bonchev–Trinajstić information content (AvgIpc) is 2.87. The molecule has 5 nitrogen and oxygen atoms in total. The lowest BCUT2D eigenvalue weighted by molar-refractivity contribution is 0.616. The van der Waals surface area contributed by atoms with Crippen LogP contribution in [0, 0.1) is 0 Å². The van der Waals surface area contributed by atoms with E-state index in [9.17, 15) is 0 Å². The maximum Gasteiger partial charge on any atom is 0.110 e. The minimum atomic E-state index is -0.114. The molecular formula is C9H13N5S. The summed E-state index contributed by atoms with van der Waals surface area (Å²) in [5, 5.41) is 5.84. The van der Waals surface area contributed by atoms with Gasteiger partial charge in [0.15, 0.2) is 0 Å². The van der Waals surface area contributed by atoms with E-state index < -0.39 is 0 Å². The summed E-state index contributed by atoms with van der Waals surface area (Å²) in [6, 6.07) is -0.114. The van der Waals surface area contributed by atoms with Crippen molar-refractivity contribution < 1.29 is 0 Å². The highest BCUT2D eigenvalue weighted by Crippen LogP contribution is 2.13. The minimum Gasteiger partial charge on any atom is -0.335 e. The van der Waals surface area contributed by atoms with Gasteiger partial charge in [-0.1, -0.05) is 4.49 Å². The van der Waals surface area contributed by atoms with Crippen molar-refractivity contribution in [2.75, 3.05) is 0 Å². The highest BCUT2D eigenvalue weighted by molar-refractivity contribution is 7.03. The van der Waals surface area contributed by atoms with E-state index in [0.29, 0.717) is 6.42 Å². The van der Waals surface area contributed by atoms with E-state index >= 15 is 0 Å². The van der Waals surface area contributed by atoms with Crippen LogP contribution in [0.5, 0.6) is 0 Å². The molecule has 0 bridgehead atoms. The third kappa shape index (κ3) is 2.21. The third-order valence-corrected chi connectivity index (χ3v) is 2.82. The van der Waals surface area contributed by atoms with Crippen LogP contribution in [-0.4, -0.2) is 19.1 Å². The van der Waals surface area contributed by atoms with Gasteiger partial charge in [-0.25, -0.2) is 4.98 Å². The van der Waals surface area contributed by atoms with Crippen molar-refractivity contribution >= 4 is 11.5 Å². The first-order valence-corrected chi connectivity index (χ1v) is 5.67. The van der Waals surface area contributed by atoms with Crippen molar-refractivity contribution in [1.82, 2.24) is 19.1 Å². The van der Waals surface area contributed by atoms with Crippen LogP contribution >= 0.6 is 11.5 Å². The Morgan fingerprint density at radius 3 is 3.13 bits per heavy atom. The third-order valence-electron chi connectivity index (χ3n) is 2.30. The van der Waals surface area contributed by atoms with Crippen molar-refractivity contribution in [3.63, 3.8) is 0 Å². The Morgan fingerprint density at radius 1 is 1.60 bits per heavy atom. The zero-order chi connectivity index (χ0) is 10.7. The Kier molecular flexibility index (Phi) is 3.08. The largest absolute Gasteiger partial charge is 0.335 e. The van der Waals surface area contributed by atoms with Gasteiger partial charge < -0.3 is 10.3 Å². The summed E-state index contributed by atoms with van der Waals surface area (Å²) in [5.41, 5.74) is 6.84. The lowest BCUT2D eigenvalue weighted by atomic mass is 10.1. The van der Waals surface area contributed by atoms with E-state index in [-0.39, 0.29) is 6.04 Å². The number of nitrogens with two attached hydrogens (primary N) is 1. The highest BCUT2D eigenvalue weighted by atomic mass is 32.1. The molecule has 0 saturated heterocycles. The van der Waals surface area contributed by atoms with Crippen LogP contribution in [0.1, 0.15) is 24.5 Å². The molecule has 0 saturated carbocycles. The van der Waals surface area contributed by atoms with Crippen molar-refractivity contribution in [3.05, 3.63) is 29.3 Å². The van der Waals surface area contributed by atoms with Gasteiger partial charge in [-0.15, -0.1) is 5.10 Å². The molecule has 2 N–H and O–H groups in total. The quantitative estimate of drug-likeness (QED) is 0.839. The molecule has 2 heterocycles. The van der Waals surface area contributed by atoms with Crippen molar-refractivity contribution in [1.29, 1.82) is 0 Å². The van der Waals surface area contributed by atoms with E-state index in [1.165, 1.54) is 11.5 Å². The van der Waals surface area contributed by atoms with E-state index in [1.807, 2.05) is 11.6 Å². The van der Waals surface area contributed by atoms with Crippen LogP contribution in [0.15, 0.2) is 17.8 Å². The maximum absolute atomic E-state index is 6.01. The number of rotatable bonds is 4. The van der Waals surface area contributed by atoms with Gasteiger partial charge in [0, 0.05) is 30.7 Å². The fourth-order valence-corrected chi connectivity index (χ4v) is 1.97. The van der Waals surface area contributed by atoms with Gasteiger partial charge in [0.05, 0.1) is 11.7 Å². The number of hydrogen-bond acceptors (Lipinski definition) is 5. The summed E-state index contributed by atoms with van der Waals surface area (Å²) in [5.74, 6) is 0.998. The molecule has 2 rings (SSSR count). The van der Waals surface area contributed by atoms with Crippen LogP contribution in [0.25, 0.3) is 0 Å². The lowest BCUT2D eigenvalue weighted by Crippen LogP contribution is -2.16. The number of aryl methyl sites for hydroxylation is 1. The molecule has 2 aromatic rings. The Morgan fingerprint density at radius 2 is 2.47 bits per heavy atom. The summed E-state index contributed by atoms with van der Waals surface area (Å²) in [7, 11) is 0. The molecule has 0 aliphatic rings. The summed E-state index contributed by atoms with van der Waals surface area (Å²) in [6.07, 6.45) is 4.46. The predicted octanol–water partition coefficient (Wildman–Crippen LogP) is 0.997. The monoisotopic (exact) mass is 223 g/mol. The van der Waals surface area contributed by atoms with Gasteiger partial charge in [0.2, 0.25) is 0 Å². The van der Waals surface area contributed by atoms with Crippen LogP contribution in [0.2, 0.25) is 0 Å². The molecule has 0 spiro atoms. The van der Waals surface area contributed by atoms with Gasteiger partial charge in [0.1, 0.15) is 5.82 Å². The second kappa shape index (κ2) is 4.50. The smallest absolute Gasteiger partial charge is 0.110 e. The maximum atomic E-state index is 6.01. The Balaban J connectivity index is 2.09. The first-order chi connectivity index (χ1) is 7.31. The normalized spacial score (nSPS) is 12.9. The molecule has 15 heavy (non-hydrogen) atoms. The standard InChI is InChI=1S/C9H13N5S/c1-2-14-4-3-11-9(14)5-7(10)8-6-15-13-12-8/h3-4,6-7H,2,5,10H2,1H3. The SMILES string of the molecule is CCn1ccnc1CC(N)c1csnn1. The topological polar surface area (TPSA) is 69.6 Å². The van der Waals surface area contributed by atoms with Crippen LogP contribution in [-0.2, 0) is 13.0 Å². The van der Waals surface area contributed by atoms with E-state index in [0.717, 1.165) is 18.1 Å². The molecule has 0 fully saturated rings. The van der Waals surface area contributed by atoms with Crippen LogP contribution < -0.4 is 5.73 Å². The fraction of sp³-hybridized carbons (Fsp3) is 0.444. The van der Waals surface area contributed by atoms with Gasteiger partial charge in [-0.2, -0.15) is 0 Å². The van der Waals surface area contributed by atoms with E-state index in [2.05, 4.69) is 26.1 Å². The average molecular weight is 223 g/mol. The van der Waals surface area contributed by atoms with Crippen molar-refractivity contribution in [2.45, 2.75) is 25.9 Å². The second-order valence-electron chi connectivity index (χ2n) is 3.27. The summed E-state index contributed by atoms with van der Waals surface area (Å²) >= 11 is 1.32. The molecule has 80 valence electrons. The van der Waals surface area contributed by atoms with Crippen molar-refractivity contribution in [3.8, 4) is 0 Å². The fourth-order valence-electron chi connectivity index (χ4n) is 1.45. The molecule has 1 atom stereocenters. The first-order valence-electron chi connectivity index (χ1n) is 4.83. The van der Waals surface area contributed by atoms with Crippen molar-refractivity contribution in [2.24, 2.45) is 5.73 Å². The predicted molar refractivity (Wildman–Crippen MR) is 58.4 cm³/mol. The molecule has 6 heteroatoms. The zero-order valence-corrected chi connectivity index (χ0v) is 9.31. The molecule has 0 aliphatic heterocycles. The summed E-state index contributed by atoms with van der Waals surface area (Å²) < 4.78 is 5.88. The molecule has 0 radical (unpaired) electrons. The van der Waals surface area contributed by atoms with Gasteiger partial charge >= 0.3 is 0 Å².